The lowest BCUT2D eigenvalue weighted by atomic mass is 10.2. The van der Waals surface area contributed by atoms with Gasteiger partial charge in [-0.15, -0.1) is 11.8 Å². The summed E-state index contributed by atoms with van der Waals surface area (Å²) in [5, 5.41) is 8.90. The van der Waals surface area contributed by atoms with Crippen molar-refractivity contribution in [1.29, 1.82) is 0 Å². The molecule has 0 bridgehead atoms. The Morgan fingerprint density at radius 1 is 1.41 bits per heavy atom. The fourth-order valence-corrected chi connectivity index (χ4v) is 2.05. The summed E-state index contributed by atoms with van der Waals surface area (Å²) >= 11 is 1.63. The Hall–Kier alpha value is -1.26. The molecule has 1 aromatic carbocycles. The van der Waals surface area contributed by atoms with Crippen LogP contribution in [0.2, 0.25) is 0 Å². The first-order valence-electron chi connectivity index (χ1n) is 5.25. The lowest BCUT2D eigenvalue weighted by Gasteiger charge is -2.01. The van der Waals surface area contributed by atoms with Crippen LogP contribution in [0.25, 0.3) is 0 Å². The summed E-state index contributed by atoms with van der Waals surface area (Å²) in [6.07, 6.45) is 1.84. The maximum atomic E-state index is 11.1. The molecule has 0 aliphatic heterocycles. The molecule has 0 saturated heterocycles. The molecule has 0 saturated carbocycles. The van der Waals surface area contributed by atoms with E-state index in [1.807, 2.05) is 30.3 Å². The highest BCUT2D eigenvalue weighted by Gasteiger charge is 2.01. The predicted molar refractivity (Wildman–Crippen MR) is 68.9 cm³/mol. The van der Waals surface area contributed by atoms with Crippen LogP contribution in [-0.4, -0.2) is 23.9 Å². The zero-order valence-corrected chi connectivity index (χ0v) is 10.8. The van der Waals surface area contributed by atoms with E-state index in [4.69, 9.17) is 5.11 Å². The predicted octanol–water partition coefficient (Wildman–Crippen LogP) is 2.39. The monoisotopic (exact) mass is 252 g/mol. The minimum Gasteiger partial charge on any atom is -0.466 e. The maximum absolute atomic E-state index is 11.1. The van der Waals surface area contributed by atoms with Crippen LogP contribution in [0.3, 0.4) is 0 Å². The van der Waals surface area contributed by atoms with Crippen molar-refractivity contribution in [3.8, 4) is 0 Å². The summed E-state index contributed by atoms with van der Waals surface area (Å²) < 4.78 is 4.60. The van der Waals surface area contributed by atoms with E-state index in [2.05, 4.69) is 4.74 Å². The maximum Gasteiger partial charge on any atom is 0.333 e. The zero-order chi connectivity index (χ0) is 12.7. The Morgan fingerprint density at radius 3 is 2.59 bits per heavy atom. The zero-order valence-electron chi connectivity index (χ0n) is 9.97. The normalized spacial score (nSPS) is 11.4. The first-order valence-corrected chi connectivity index (χ1v) is 6.23. The van der Waals surface area contributed by atoms with Crippen LogP contribution in [0.15, 0.2) is 40.8 Å². The van der Waals surface area contributed by atoms with E-state index < -0.39 is 0 Å². The second kappa shape index (κ2) is 7.14. The number of thioether (sulfide) groups is 1. The number of aliphatic hydroxyl groups is 1. The molecule has 0 radical (unpaired) electrons. The van der Waals surface area contributed by atoms with Crippen molar-refractivity contribution >= 4 is 17.7 Å². The van der Waals surface area contributed by atoms with Crippen molar-refractivity contribution in [3.05, 3.63) is 41.5 Å². The fourth-order valence-electron chi connectivity index (χ4n) is 1.20. The highest BCUT2D eigenvalue weighted by Crippen LogP contribution is 2.19. The molecule has 0 aromatic heterocycles. The molecule has 0 unspecified atom stereocenters. The first-order chi connectivity index (χ1) is 8.17. The van der Waals surface area contributed by atoms with Gasteiger partial charge in [0, 0.05) is 16.2 Å². The number of hydrogen-bond donors (Lipinski definition) is 1. The molecular weight excluding hydrogens is 236 g/mol. The van der Waals surface area contributed by atoms with Gasteiger partial charge in [0.05, 0.1) is 13.7 Å². The van der Waals surface area contributed by atoms with Gasteiger partial charge in [-0.2, -0.15) is 0 Å². The van der Waals surface area contributed by atoms with Gasteiger partial charge in [0.2, 0.25) is 0 Å². The molecule has 4 heteroatoms. The van der Waals surface area contributed by atoms with Gasteiger partial charge < -0.3 is 9.84 Å². The average Bonchev–Trinajstić information content (AvgIpc) is 2.38. The minimum atomic E-state index is -0.291. The average molecular weight is 252 g/mol. The standard InChI is InChI=1S/C13H16O3S/c1-10(13(15)16-2)7-8-17-12-5-3-11(9-14)4-6-12/h3-7,14H,8-9H2,1-2H3/b10-7+. The minimum absolute atomic E-state index is 0.0618. The summed E-state index contributed by atoms with van der Waals surface area (Å²) in [7, 11) is 1.38. The van der Waals surface area contributed by atoms with Crippen LogP contribution < -0.4 is 0 Å². The third-order valence-corrected chi connectivity index (χ3v) is 3.19. The quantitative estimate of drug-likeness (QED) is 0.496. The lowest BCUT2D eigenvalue weighted by molar-refractivity contribution is -0.136. The Morgan fingerprint density at radius 2 is 2.06 bits per heavy atom. The third kappa shape index (κ3) is 4.63. The molecule has 0 aliphatic rings. The molecule has 1 N–H and O–H groups in total. The summed E-state index contributed by atoms with van der Waals surface area (Å²) in [6, 6.07) is 7.69. The number of carbonyl (C=O) groups excluding carboxylic acids is 1. The number of benzene rings is 1. The van der Waals surface area contributed by atoms with Gasteiger partial charge in [0.1, 0.15) is 0 Å². The highest BCUT2D eigenvalue weighted by atomic mass is 32.2. The van der Waals surface area contributed by atoms with Crippen molar-refractivity contribution in [2.24, 2.45) is 0 Å². The van der Waals surface area contributed by atoms with Gasteiger partial charge in [0.15, 0.2) is 0 Å². The van der Waals surface area contributed by atoms with E-state index in [0.29, 0.717) is 5.57 Å². The van der Waals surface area contributed by atoms with E-state index in [-0.39, 0.29) is 12.6 Å². The van der Waals surface area contributed by atoms with Gasteiger partial charge in [-0.25, -0.2) is 4.79 Å². The number of ether oxygens (including phenoxy) is 1. The van der Waals surface area contributed by atoms with E-state index in [9.17, 15) is 4.79 Å². The van der Waals surface area contributed by atoms with Crippen LogP contribution in [0.4, 0.5) is 0 Å². The second-order valence-corrected chi connectivity index (χ2v) is 4.59. The number of hydrogen-bond acceptors (Lipinski definition) is 4. The number of carbonyl (C=O) groups is 1. The largest absolute Gasteiger partial charge is 0.466 e. The van der Waals surface area contributed by atoms with Crippen molar-refractivity contribution in [2.75, 3.05) is 12.9 Å². The molecule has 0 spiro atoms. The summed E-state index contributed by atoms with van der Waals surface area (Å²) in [5.74, 6) is 0.431. The van der Waals surface area contributed by atoms with E-state index in [1.165, 1.54) is 7.11 Å². The Labute approximate surface area is 105 Å². The molecular formula is C13H16O3S. The molecule has 0 fully saturated rings. The Balaban J connectivity index is 2.47. The van der Waals surface area contributed by atoms with Gasteiger partial charge >= 0.3 is 5.97 Å². The molecule has 1 aromatic rings. The third-order valence-electron chi connectivity index (χ3n) is 2.25. The Kier molecular flexibility index (Phi) is 5.80. The molecule has 0 heterocycles. The topological polar surface area (TPSA) is 46.5 Å². The van der Waals surface area contributed by atoms with Crippen LogP contribution >= 0.6 is 11.8 Å². The van der Waals surface area contributed by atoms with Crippen LogP contribution in [0, 0.1) is 0 Å². The SMILES string of the molecule is COC(=O)/C(C)=C/CSc1ccc(CO)cc1. The van der Waals surface area contributed by atoms with Crippen LogP contribution in [0.1, 0.15) is 12.5 Å². The summed E-state index contributed by atoms with van der Waals surface area (Å²) in [5.41, 5.74) is 1.52. The summed E-state index contributed by atoms with van der Waals surface area (Å²) in [4.78, 5) is 12.2. The van der Waals surface area contributed by atoms with Crippen LogP contribution in [-0.2, 0) is 16.1 Å². The van der Waals surface area contributed by atoms with Gasteiger partial charge in [-0.05, 0) is 24.6 Å². The van der Waals surface area contributed by atoms with Crippen molar-refractivity contribution in [1.82, 2.24) is 0 Å². The Bertz CT molecular complexity index is 396. The van der Waals surface area contributed by atoms with E-state index in [0.717, 1.165) is 16.2 Å². The van der Waals surface area contributed by atoms with E-state index in [1.54, 1.807) is 18.7 Å². The highest BCUT2D eigenvalue weighted by molar-refractivity contribution is 7.99. The molecule has 92 valence electrons. The summed E-state index contributed by atoms with van der Waals surface area (Å²) in [6.45, 7) is 1.80. The van der Waals surface area contributed by atoms with Crippen LogP contribution in [0.5, 0.6) is 0 Å². The number of esters is 1. The smallest absolute Gasteiger partial charge is 0.333 e. The molecule has 1 rings (SSSR count). The van der Waals surface area contributed by atoms with Crippen molar-refractivity contribution < 1.29 is 14.6 Å². The lowest BCUT2D eigenvalue weighted by Crippen LogP contribution is -2.01. The fraction of sp³-hybridized carbons (Fsp3) is 0.308. The van der Waals surface area contributed by atoms with Crippen molar-refractivity contribution in [2.45, 2.75) is 18.4 Å². The molecule has 0 amide bonds. The molecule has 0 aliphatic carbocycles. The van der Waals surface area contributed by atoms with E-state index >= 15 is 0 Å². The van der Waals surface area contributed by atoms with Crippen molar-refractivity contribution in [3.63, 3.8) is 0 Å². The number of rotatable bonds is 5. The first kappa shape index (κ1) is 13.8. The number of aliphatic hydroxyl groups excluding tert-OH is 1. The van der Waals surface area contributed by atoms with Gasteiger partial charge in [-0.1, -0.05) is 18.2 Å². The van der Waals surface area contributed by atoms with Gasteiger partial charge in [-0.3, -0.25) is 0 Å². The molecule has 3 nitrogen and oxygen atoms in total. The molecule has 17 heavy (non-hydrogen) atoms. The van der Waals surface area contributed by atoms with Gasteiger partial charge in [0.25, 0.3) is 0 Å². The second-order valence-electron chi connectivity index (χ2n) is 3.49. The molecule has 0 atom stereocenters. The number of methoxy groups -OCH3 is 1.